The van der Waals surface area contributed by atoms with Crippen molar-refractivity contribution in [3.63, 3.8) is 0 Å². The maximum atomic E-state index is 10.8. The lowest BCUT2D eigenvalue weighted by molar-refractivity contribution is 0.111. The fourth-order valence-electron chi connectivity index (χ4n) is 1.40. The lowest BCUT2D eigenvalue weighted by atomic mass is 10.2. The molecule has 0 aliphatic carbocycles. The van der Waals surface area contributed by atoms with Crippen molar-refractivity contribution in [3.05, 3.63) is 29.8 Å². The molecule has 0 fully saturated rings. The van der Waals surface area contributed by atoms with Crippen LogP contribution < -0.4 is 4.74 Å². The van der Waals surface area contributed by atoms with E-state index >= 15 is 0 Å². The smallest absolute Gasteiger partial charge is 0.153 e. The first kappa shape index (κ1) is 12.7. The van der Waals surface area contributed by atoms with E-state index in [0.29, 0.717) is 11.3 Å². The predicted octanol–water partition coefficient (Wildman–Crippen LogP) is 2.22. The Morgan fingerprint density at radius 1 is 1.38 bits per heavy atom. The first-order valence-electron chi connectivity index (χ1n) is 5.49. The minimum absolute atomic E-state index is 0.114. The van der Waals surface area contributed by atoms with Gasteiger partial charge in [0.1, 0.15) is 5.75 Å². The van der Waals surface area contributed by atoms with Crippen LogP contribution in [0.2, 0.25) is 0 Å². The van der Waals surface area contributed by atoms with Crippen LogP contribution in [0, 0.1) is 0 Å². The minimum atomic E-state index is 0.114. The number of benzene rings is 1. The first-order chi connectivity index (χ1) is 7.63. The van der Waals surface area contributed by atoms with Gasteiger partial charge < -0.3 is 9.64 Å². The summed E-state index contributed by atoms with van der Waals surface area (Å²) in [6.07, 6.45) is 1.89. The zero-order chi connectivity index (χ0) is 12.0. The van der Waals surface area contributed by atoms with Crippen molar-refractivity contribution < 1.29 is 9.53 Å². The molecule has 1 atom stereocenters. The minimum Gasteiger partial charge on any atom is -0.490 e. The van der Waals surface area contributed by atoms with Crippen LogP contribution in [0.5, 0.6) is 5.75 Å². The molecule has 0 aliphatic heterocycles. The maximum absolute atomic E-state index is 10.8. The average molecular weight is 221 g/mol. The molecule has 0 saturated heterocycles. The second-order valence-corrected chi connectivity index (χ2v) is 4.18. The highest BCUT2D eigenvalue weighted by atomic mass is 16.5. The average Bonchev–Trinajstić information content (AvgIpc) is 2.27. The number of carbonyl (C=O) groups excluding carboxylic acids is 1. The number of rotatable bonds is 6. The van der Waals surface area contributed by atoms with Gasteiger partial charge in [0.25, 0.3) is 0 Å². The SMILES string of the molecule is CC(CCN(C)C)Oc1ccccc1C=O. The zero-order valence-electron chi connectivity index (χ0n) is 10.1. The van der Waals surface area contributed by atoms with Crippen molar-refractivity contribution in [2.24, 2.45) is 0 Å². The van der Waals surface area contributed by atoms with Gasteiger partial charge in [0.15, 0.2) is 6.29 Å². The number of hydrogen-bond donors (Lipinski definition) is 0. The fraction of sp³-hybridized carbons (Fsp3) is 0.462. The molecule has 0 spiro atoms. The summed E-state index contributed by atoms with van der Waals surface area (Å²) in [6, 6.07) is 7.30. The molecule has 0 bridgehead atoms. The van der Waals surface area contributed by atoms with E-state index in [2.05, 4.69) is 4.90 Å². The van der Waals surface area contributed by atoms with Crippen molar-refractivity contribution in [2.45, 2.75) is 19.4 Å². The van der Waals surface area contributed by atoms with Gasteiger partial charge in [0, 0.05) is 6.54 Å². The summed E-state index contributed by atoms with van der Waals surface area (Å²) < 4.78 is 5.73. The van der Waals surface area contributed by atoms with Gasteiger partial charge in [0.2, 0.25) is 0 Å². The Hall–Kier alpha value is -1.35. The molecule has 1 aromatic rings. The molecule has 3 nitrogen and oxygen atoms in total. The Morgan fingerprint density at radius 2 is 2.06 bits per heavy atom. The Morgan fingerprint density at radius 3 is 2.69 bits per heavy atom. The molecule has 1 rings (SSSR count). The standard InChI is InChI=1S/C13H19NO2/c1-11(8-9-14(2)3)16-13-7-5-4-6-12(13)10-15/h4-7,10-11H,8-9H2,1-3H3. The quantitative estimate of drug-likeness (QED) is 0.690. The van der Waals surface area contributed by atoms with Gasteiger partial charge in [0.05, 0.1) is 11.7 Å². The van der Waals surface area contributed by atoms with E-state index < -0.39 is 0 Å². The highest BCUT2D eigenvalue weighted by Gasteiger charge is 2.07. The van der Waals surface area contributed by atoms with Gasteiger partial charge in [-0.25, -0.2) is 0 Å². The van der Waals surface area contributed by atoms with Crippen LogP contribution in [-0.4, -0.2) is 37.9 Å². The summed E-state index contributed by atoms with van der Waals surface area (Å²) in [5.74, 6) is 0.670. The van der Waals surface area contributed by atoms with E-state index in [1.165, 1.54) is 0 Å². The van der Waals surface area contributed by atoms with Crippen LogP contribution >= 0.6 is 0 Å². The van der Waals surface area contributed by atoms with Gasteiger partial charge in [-0.15, -0.1) is 0 Å². The largest absolute Gasteiger partial charge is 0.490 e. The normalized spacial score (nSPS) is 12.5. The third-order valence-corrected chi connectivity index (χ3v) is 2.36. The van der Waals surface area contributed by atoms with Crippen molar-refractivity contribution in [1.29, 1.82) is 0 Å². The van der Waals surface area contributed by atoms with Crippen LogP contribution in [0.4, 0.5) is 0 Å². The fourth-order valence-corrected chi connectivity index (χ4v) is 1.40. The van der Waals surface area contributed by atoms with Crippen LogP contribution in [0.1, 0.15) is 23.7 Å². The van der Waals surface area contributed by atoms with Crippen molar-refractivity contribution >= 4 is 6.29 Å². The maximum Gasteiger partial charge on any atom is 0.153 e. The Kier molecular flexibility index (Phi) is 4.99. The van der Waals surface area contributed by atoms with Crippen molar-refractivity contribution in [2.75, 3.05) is 20.6 Å². The van der Waals surface area contributed by atoms with Crippen LogP contribution in [-0.2, 0) is 0 Å². The second kappa shape index (κ2) is 6.28. The highest BCUT2D eigenvalue weighted by molar-refractivity contribution is 5.79. The lowest BCUT2D eigenvalue weighted by Crippen LogP contribution is -2.21. The molecule has 0 amide bonds. The van der Waals surface area contributed by atoms with E-state index in [1.807, 2.05) is 39.2 Å². The molecule has 1 aromatic carbocycles. The molecule has 0 N–H and O–H groups in total. The van der Waals surface area contributed by atoms with E-state index in [0.717, 1.165) is 19.3 Å². The van der Waals surface area contributed by atoms with Gasteiger partial charge in [-0.05, 0) is 39.6 Å². The van der Waals surface area contributed by atoms with E-state index in [9.17, 15) is 4.79 Å². The Bertz CT molecular complexity index is 336. The summed E-state index contributed by atoms with van der Waals surface area (Å²) >= 11 is 0. The Balaban J connectivity index is 2.55. The van der Waals surface area contributed by atoms with Crippen LogP contribution in [0.3, 0.4) is 0 Å². The van der Waals surface area contributed by atoms with Crippen molar-refractivity contribution in [1.82, 2.24) is 4.90 Å². The van der Waals surface area contributed by atoms with Gasteiger partial charge in [-0.3, -0.25) is 4.79 Å². The van der Waals surface area contributed by atoms with E-state index in [-0.39, 0.29) is 6.10 Å². The van der Waals surface area contributed by atoms with Gasteiger partial charge in [-0.2, -0.15) is 0 Å². The molecule has 3 heteroatoms. The molecular formula is C13H19NO2. The van der Waals surface area contributed by atoms with Gasteiger partial charge in [-0.1, -0.05) is 12.1 Å². The molecule has 16 heavy (non-hydrogen) atoms. The summed E-state index contributed by atoms with van der Waals surface area (Å²) in [7, 11) is 4.07. The number of ether oxygens (including phenoxy) is 1. The molecular weight excluding hydrogens is 202 g/mol. The van der Waals surface area contributed by atoms with Crippen LogP contribution in [0.25, 0.3) is 0 Å². The first-order valence-corrected chi connectivity index (χ1v) is 5.49. The van der Waals surface area contributed by atoms with E-state index in [1.54, 1.807) is 6.07 Å². The third-order valence-electron chi connectivity index (χ3n) is 2.36. The Labute approximate surface area is 97.0 Å². The number of nitrogens with zero attached hydrogens (tertiary/aromatic N) is 1. The number of para-hydroxylation sites is 1. The lowest BCUT2D eigenvalue weighted by Gasteiger charge is -2.18. The number of carbonyl (C=O) groups is 1. The molecule has 88 valence electrons. The molecule has 0 radical (unpaired) electrons. The number of hydrogen-bond acceptors (Lipinski definition) is 3. The predicted molar refractivity (Wildman–Crippen MR) is 65.1 cm³/mol. The topological polar surface area (TPSA) is 29.5 Å². The molecule has 0 saturated carbocycles. The molecule has 0 aromatic heterocycles. The van der Waals surface area contributed by atoms with E-state index in [4.69, 9.17) is 4.74 Å². The molecule has 0 aliphatic rings. The molecule has 1 unspecified atom stereocenters. The third kappa shape index (κ3) is 4.03. The highest BCUT2D eigenvalue weighted by Crippen LogP contribution is 2.18. The zero-order valence-corrected chi connectivity index (χ0v) is 10.1. The second-order valence-electron chi connectivity index (χ2n) is 4.18. The van der Waals surface area contributed by atoms with Gasteiger partial charge >= 0.3 is 0 Å². The summed E-state index contributed by atoms with van der Waals surface area (Å²) in [5.41, 5.74) is 0.610. The number of aldehydes is 1. The summed E-state index contributed by atoms with van der Waals surface area (Å²) in [5, 5.41) is 0. The monoisotopic (exact) mass is 221 g/mol. The summed E-state index contributed by atoms with van der Waals surface area (Å²) in [4.78, 5) is 12.9. The molecule has 0 heterocycles. The van der Waals surface area contributed by atoms with Crippen LogP contribution in [0.15, 0.2) is 24.3 Å². The summed E-state index contributed by atoms with van der Waals surface area (Å²) in [6.45, 7) is 3.00. The van der Waals surface area contributed by atoms with Crippen molar-refractivity contribution in [3.8, 4) is 5.75 Å².